The number of carbonyl (C=O) groups is 1. The van der Waals surface area contributed by atoms with E-state index >= 15 is 0 Å². The van der Waals surface area contributed by atoms with E-state index in [4.69, 9.17) is 0 Å². The molecule has 0 heterocycles. The Morgan fingerprint density at radius 1 is 1.40 bits per heavy atom. The van der Waals surface area contributed by atoms with Crippen LogP contribution in [0.1, 0.15) is 34.6 Å². The summed E-state index contributed by atoms with van der Waals surface area (Å²) in [5.41, 5.74) is -0.777. The molecule has 4 nitrogen and oxygen atoms in total. The predicted octanol–water partition coefficient (Wildman–Crippen LogP) is 0.508. The maximum absolute atomic E-state index is 11.4. The van der Waals surface area contributed by atoms with E-state index in [0.717, 1.165) is 0 Å². The molecule has 0 aromatic carbocycles. The van der Waals surface area contributed by atoms with Crippen molar-refractivity contribution in [1.82, 2.24) is 10.6 Å². The first kappa shape index (κ1) is 14.4. The first-order valence-corrected chi connectivity index (χ1v) is 5.54. The largest absolute Gasteiger partial charge is 0.389 e. The summed E-state index contributed by atoms with van der Waals surface area (Å²) in [5.74, 6) is 0.128. The normalized spacial score (nSPS) is 17.3. The van der Waals surface area contributed by atoms with Gasteiger partial charge in [-0.2, -0.15) is 0 Å². The molecule has 0 aromatic heterocycles. The molecular formula is C11H24N2O2. The molecule has 0 radical (unpaired) electrons. The van der Waals surface area contributed by atoms with Gasteiger partial charge in [0.1, 0.15) is 0 Å². The zero-order chi connectivity index (χ0) is 12.1. The molecule has 0 spiro atoms. The van der Waals surface area contributed by atoms with Crippen molar-refractivity contribution in [2.24, 2.45) is 5.92 Å². The molecule has 0 saturated carbocycles. The number of nitrogens with one attached hydrogen (secondary N) is 2. The molecule has 4 heteroatoms. The van der Waals surface area contributed by atoms with Crippen molar-refractivity contribution in [2.45, 2.75) is 46.3 Å². The van der Waals surface area contributed by atoms with Gasteiger partial charge in [-0.15, -0.1) is 0 Å². The third-order valence-corrected chi connectivity index (χ3v) is 2.75. The smallest absolute Gasteiger partial charge is 0.236 e. The Labute approximate surface area is 92.4 Å². The van der Waals surface area contributed by atoms with Gasteiger partial charge in [-0.3, -0.25) is 4.79 Å². The van der Waals surface area contributed by atoms with Crippen molar-refractivity contribution < 1.29 is 9.90 Å². The Morgan fingerprint density at radius 3 is 2.33 bits per heavy atom. The third-order valence-electron chi connectivity index (χ3n) is 2.75. The van der Waals surface area contributed by atoms with Crippen molar-refractivity contribution in [3.63, 3.8) is 0 Å². The summed E-state index contributed by atoms with van der Waals surface area (Å²) >= 11 is 0. The van der Waals surface area contributed by atoms with Crippen molar-refractivity contribution in [2.75, 3.05) is 13.1 Å². The average molecular weight is 216 g/mol. The summed E-state index contributed by atoms with van der Waals surface area (Å²) in [6.07, 6.45) is 0. The Morgan fingerprint density at radius 2 is 1.93 bits per heavy atom. The predicted molar refractivity (Wildman–Crippen MR) is 61.6 cm³/mol. The molecule has 0 bridgehead atoms. The minimum Gasteiger partial charge on any atom is -0.389 e. The van der Waals surface area contributed by atoms with Crippen molar-refractivity contribution in [3.05, 3.63) is 0 Å². The first-order chi connectivity index (χ1) is 6.81. The molecule has 0 aliphatic heterocycles. The van der Waals surface area contributed by atoms with Crippen LogP contribution in [0.4, 0.5) is 0 Å². The van der Waals surface area contributed by atoms with Gasteiger partial charge in [0.05, 0.1) is 11.6 Å². The molecule has 1 amide bonds. The number of hydrogen-bond acceptors (Lipinski definition) is 3. The molecule has 15 heavy (non-hydrogen) atoms. The van der Waals surface area contributed by atoms with Crippen LogP contribution in [0.25, 0.3) is 0 Å². The van der Waals surface area contributed by atoms with Crippen LogP contribution >= 0.6 is 0 Å². The maximum Gasteiger partial charge on any atom is 0.236 e. The van der Waals surface area contributed by atoms with E-state index in [-0.39, 0.29) is 17.9 Å². The molecule has 0 aliphatic rings. The Hall–Kier alpha value is -0.610. The van der Waals surface area contributed by atoms with E-state index in [0.29, 0.717) is 13.1 Å². The van der Waals surface area contributed by atoms with Gasteiger partial charge >= 0.3 is 0 Å². The van der Waals surface area contributed by atoms with Gasteiger partial charge in [0.15, 0.2) is 0 Å². The Balaban J connectivity index is 3.99. The highest BCUT2D eigenvalue weighted by Gasteiger charge is 2.25. The minimum absolute atomic E-state index is 0.0305. The van der Waals surface area contributed by atoms with Crippen LogP contribution < -0.4 is 10.6 Å². The van der Waals surface area contributed by atoms with Gasteiger partial charge in [-0.1, -0.05) is 13.8 Å². The lowest BCUT2D eigenvalue weighted by molar-refractivity contribution is -0.123. The molecule has 0 fully saturated rings. The lowest BCUT2D eigenvalue weighted by Crippen LogP contribution is -2.49. The number of hydrogen-bond donors (Lipinski definition) is 3. The van der Waals surface area contributed by atoms with Gasteiger partial charge < -0.3 is 15.7 Å². The molecule has 2 unspecified atom stereocenters. The highest BCUT2D eigenvalue weighted by molar-refractivity contribution is 5.81. The molecule has 0 rings (SSSR count). The second-order valence-corrected chi connectivity index (χ2v) is 4.51. The van der Waals surface area contributed by atoms with E-state index in [1.54, 1.807) is 13.8 Å². The second-order valence-electron chi connectivity index (χ2n) is 4.51. The first-order valence-electron chi connectivity index (χ1n) is 5.54. The monoisotopic (exact) mass is 216 g/mol. The summed E-state index contributed by atoms with van der Waals surface area (Å²) < 4.78 is 0. The molecule has 2 atom stereocenters. The molecule has 0 saturated heterocycles. The van der Waals surface area contributed by atoms with Crippen LogP contribution in [0.5, 0.6) is 0 Å². The van der Waals surface area contributed by atoms with Gasteiger partial charge in [-0.25, -0.2) is 0 Å². The number of carbonyl (C=O) groups excluding carboxylic acids is 1. The van der Waals surface area contributed by atoms with Gasteiger partial charge in [0.25, 0.3) is 0 Å². The van der Waals surface area contributed by atoms with Crippen LogP contribution in [-0.4, -0.2) is 35.7 Å². The fraction of sp³-hybridized carbons (Fsp3) is 0.909. The number of aliphatic hydroxyl groups is 1. The lowest BCUT2D eigenvalue weighted by Gasteiger charge is -2.29. The molecule has 0 aliphatic carbocycles. The lowest BCUT2D eigenvalue weighted by atomic mass is 9.92. The standard InChI is InChI=1S/C11H24N2O2/c1-6-12-10(14)9(4)13-7-11(5,15)8(2)3/h8-9,13,15H,6-7H2,1-5H3,(H,12,14). The summed E-state index contributed by atoms with van der Waals surface area (Å²) in [7, 11) is 0. The molecule has 90 valence electrons. The van der Waals surface area contributed by atoms with Crippen molar-refractivity contribution in [3.8, 4) is 0 Å². The molecular weight excluding hydrogens is 192 g/mol. The summed E-state index contributed by atoms with van der Waals surface area (Å²) in [6.45, 7) is 10.4. The van der Waals surface area contributed by atoms with Crippen LogP contribution in [0, 0.1) is 5.92 Å². The fourth-order valence-corrected chi connectivity index (χ4v) is 0.984. The van der Waals surface area contributed by atoms with Gasteiger partial charge in [-0.05, 0) is 26.7 Å². The molecule has 3 N–H and O–H groups in total. The molecule has 0 aromatic rings. The van der Waals surface area contributed by atoms with E-state index in [9.17, 15) is 9.90 Å². The fourth-order valence-electron chi connectivity index (χ4n) is 0.984. The SMILES string of the molecule is CCNC(=O)C(C)NCC(C)(O)C(C)C. The zero-order valence-electron chi connectivity index (χ0n) is 10.4. The van der Waals surface area contributed by atoms with E-state index in [1.807, 2.05) is 20.8 Å². The number of rotatable bonds is 6. The Bertz CT molecular complexity index is 203. The van der Waals surface area contributed by atoms with E-state index < -0.39 is 5.60 Å². The summed E-state index contributed by atoms with van der Waals surface area (Å²) in [4.78, 5) is 11.4. The van der Waals surface area contributed by atoms with Crippen molar-refractivity contribution >= 4 is 5.91 Å². The van der Waals surface area contributed by atoms with E-state index in [2.05, 4.69) is 10.6 Å². The number of likely N-dealkylation sites (N-methyl/N-ethyl adjacent to an activating group) is 1. The van der Waals surface area contributed by atoms with Gasteiger partial charge in [0, 0.05) is 13.1 Å². The topological polar surface area (TPSA) is 61.4 Å². The summed E-state index contributed by atoms with van der Waals surface area (Å²) in [5, 5.41) is 15.7. The number of amides is 1. The van der Waals surface area contributed by atoms with Crippen LogP contribution in [0.15, 0.2) is 0 Å². The zero-order valence-corrected chi connectivity index (χ0v) is 10.4. The van der Waals surface area contributed by atoms with Crippen LogP contribution in [-0.2, 0) is 4.79 Å². The second kappa shape index (κ2) is 6.08. The maximum atomic E-state index is 11.4. The summed E-state index contributed by atoms with van der Waals surface area (Å²) in [6, 6.07) is -0.268. The average Bonchev–Trinajstić information content (AvgIpc) is 2.14. The van der Waals surface area contributed by atoms with Crippen LogP contribution in [0.3, 0.4) is 0 Å². The third kappa shape index (κ3) is 5.14. The van der Waals surface area contributed by atoms with Crippen molar-refractivity contribution in [1.29, 1.82) is 0 Å². The van der Waals surface area contributed by atoms with E-state index in [1.165, 1.54) is 0 Å². The van der Waals surface area contributed by atoms with Crippen LogP contribution in [0.2, 0.25) is 0 Å². The van der Waals surface area contributed by atoms with Gasteiger partial charge in [0.2, 0.25) is 5.91 Å². The Kier molecular flexibility index (Phi) is 5.83. The quantitative estimate of drug-likeness (QED) is 0.606. The highest BCUT2D eigenvalue weighted by atomic mass is 16.3. The minimum atomic E-state index is -0.777. The highest BCUT2D eigenvalue weighted by Crippen LogP contribution is 2.14.